The van der Waals surface area contributed by atoms with E-state index in [4.69, 9.17) is 0 Å². The Morgan fingerprint density at radius 1 is 1.25 bits per heavy atom. The lowest BCUT2D eigenvalue weighted by Gasteiger charge is -2.29. The van der Waals surface area contributed by atoms with Crippen LogP contribution in [0.15, 0.2) is 10.7 Å². The van der Waals surface area contributed by atoms with E-state index in [9.17, 15) is 0 Å². The summed E-state index contributed by atoms with van der Waals surface area (Å²) in [6, 6.07) is 0.545. The van der Waals surface area contributed by atoms with Gasteiger partial charge in [-0.3, -0.25) is 0 Å². The van der Waals surface area contributed by atoms with Crippen LogP contribution in [-0.4, -0.2) is 22.6 Å². The van der Waals surface area contributed by atoms with E-state index in [1.165, 1.54) is 38.5 Å². The molecule has 0 aliphatic heterocycles. The van der Waals surface area contributed by atoms with E-state index in [0.717, 1.165) is 22.8 Å². The van der Waals surface area contributed by atoms with Crippen LogP contribution in [0.25, 0.3) is 0 Å². The number of anilines is 2. The van der Waals surface area contributed by atoms with Crippen molar-refractivity contribution in [3.63, 3.8) is 0 Å². The van der Waals surface area contributed by atoms with Gasteiger partial charge in [-0.05, 0) is 54.5 Å². The maximum atomic E-state index is 4.53. The highest BCUT2D eigenvalue weighted by atomic mass is 79.9. The third kappa shape index (κ3) is 4.33. The van der Waals surface area contributed by atoms with Crippen LogP contribution in [0, 0.1) is 5.92 Å². The van der Waals surface area contributed by atoms with Gasteiger partial charge in [0.1, 0.15) is 5.82 Å². The Kier molecular flexibility index (Phi) is 6.07. The van der Waals surface area contributed by atoms with Crippen LogP contribution in [0.4, 0.5) is 11.8 Å². The van der Waals surface area contributed by atoms with Crippen LogP contribution in [0.2, 0.25) is 0 Å². The molecule has 1 aliphatic rings. The van der Waals surface area contributed by atoms with Crippen molar-refractivity contribution in [3.05, 3.63) is 10.7 Å². The van der Waals surface area contributed by atoms with Crippen LogP contribution in [0.5, 0.6) is 0 Å². The lowest BCUT2D eigenvalue weighted by atomic mass is 9.83. The lowest BCUT2D eigenvalue weighted by molar-refractivity contribution is 0.318. The molecule has 0 unspecified atom stereocenters. The van der Waals surface area contributed by atoms with Gasteiger partial charge in [0.05, 0.1) is 4.47 Å². The second-order valence-corrected chi connectivity index (χ2v) is 6.43. The molecule has 1 aromatic heterocycles. The van der Waals surface area contributed by atoms with E-state index >= 15 is 0 Å². The Hall–Kier alpha value is -0.840. The first kappa shape index (κ1) is 15.5. The predicted molar refractivity (Wildman–Crippen MR) is 88.2 cm³/mol. The first-order chi connectivity index (χ1) is 9.72. The topological polar surface area (TPSA) is 49.8 Å². The molecule has 1 saturated carbocycles. The van der Waals surface area contributed by atoms with Gasteiger partial charge in [-0.15, -0.1) is 0 Å². The van der Waals surface area contributed by atoms with E-state index in [0.29, 0.717) is 12.0 Å². The van der Waals surface area contributed by atoms with E-state index in [1.807, 2.05) is 13.1 Å². The summed E-state index contributed by atoms with van der Waals surface area (Å²) in [5.41, 5.74) is 0. The minimum absolute atomic E-state index is 0.545. The average Bonchev–Trinajstić information content (AvgIpc) is 2.45. The molecule has 2 rings (SSSR count). The number of halogens is 1. The summed E-state index contributed by atoms with van der Waals surface area (Å²) in [6.45, 7) is 5.17. The fraction of sp³-hybridized carbons (Fsp3) is 0.733. The van der Waals surface area contributed by atoms with Crippen molar-refractivity contribution in [2.45, 2.75) is 58.4 Å². The van der Waals surface area contributed by atoms with Gasteiger partial charge in [0, 0.05) is 18.8 Å². The molecule has 1 fully saturated rings. The molecule has 5 heteroatoms. The molecule has 0 amide bonds. The molecule has 1 aromatic rings. The van der Waals surface area contributed by atoms with Crippen LogP contribution in [-0.2, 0) is 0 Å². The zero-order valence-electron chi connectivity index (χ0n) is 12.5. The highest BCUT2D eigenvalue weighted by molar-refractivity contribution is 9.10. The molecule has 4 nitrogen and oxygen atoms in total. The fourth-order valence-corrected chi connectivity index (χ4v) is 3.21. The van der Waals surface area contributed by atoms with Crippen LogP contribution < -0.4 is 10.6 Å². The van der Waals surface area contributed by atoms with Gasteiger partial charge in [0.15, 0.2) is 0 Å². The molecule has 1 heterocycles. The average molecular weight is 341 g/mol. The van der Waals surface area contributed by atoms with E-state index in [2.05, 4.69) is 43.5 Å². The standard InChI is InChI=1S/C15H25BrN4/c1-3-5-11-6-8-12(9-7-11)19-14-13(16)10-18-15(20-14)17-4-2/h10-12H,3-9H2,1-2H3,(H2,17,18,19,20). The molecular formula is C15H25BrN4. The summed E-state index contributed by atoms with van der Waals surface area (Å²) in [5.74, 6) is 2.54. The Morgan fingerprint density at radius 3 is 2.65 bits per heavy atom. The molecule has 2 N–H and O–H groups in total. The molecule has 0 saturated heterocycles. The van der Waals surface area contributed by atoms with Crippen LogP contribution in [0.3, 0.4) is 0 Å². The Bertz CT molecular complexity index is 416. The van der Waals surface area contributed by atoms with Gasteiger partial charge in [-0.2, -0.15) is 4.98 Å². The Labute approximate surface area is 130 Å². The molecule has 20 heavy (non-hydrogen) atoms. The van der Waals surface area contributed by atoms with Gasteiger partial charge < -0.3 is 10.6 Å². The van der Waals surface area contributed by atoms with E-state index < -0.39 is 0 Å². The van der Waals surface area contributed by atoms with E-state index in [-0.39, 0.29) is 0 Å². The van der Waals surface area contributed by atoms with Crippen molar-refractivity contribution in [3.8, 4) is 0 Å². The second-order valence-electron chi connectivity index (χ2n) is 5.57. The Morgan fingerprint density at radius 2 is 2.00 bits per heavy atom. The van der Waals surface area contributed by atoms with Crippen molar-refractivity contribution < 1.29 is 0 Å². The lowest BCUT2D eigenvalue weighted by Crippen LogP contribution is -2.26. The number of hydrogen-bond donors (Lipinski definition) is 2. The summed E-state index contributed by atoms with van der Waals surface area (Å²) in [5, 5.41) is 6.73. The van der Waals surface area contributed by atoms with Gasteiger partial charge in [-0.1, -0.05) is 19.8 Å². The first-order valence-corrected chi connectivity index (χ1v) is 8.55. The molecule has 112 valence electrons. The van der Waals surface area contributed by atoms with Crippen molar-refractivity contribution in [2.75, 3.05) is 17.2 Å². The second kappa shape index (κ2) is 7.81. The monoisotopic (exact) mass is 340 g/mol. The van der Waals surface area contributed by atoms with Crippen molar-refractivity contribution >= 4 is 27.7 Å². The van der Waals surface area contributed by atoms with Gasteiger partial charge in [-0.25, -0.2) is 4.98 Å². The first-order valence-electron chi connectivity index (χ1n) is 7.75. The maximum Gasteiger partial charge on any atom is 0.224 e. The number of aromatic nitrogens is 2. The highest BCUT2D eigenvalue weighted by Crippen LogP contribution is 2.30. The summed E-state index contributed by atoms with van der Waals surface area (Å²) in [7, 11) is 0. The summed E-state index contributed by atoms with van der Waals surface area (Å²) in [6.07, 6.45) is 9.69. The number of hydrogen-bond acceptors (Lipinski definition) is 4. The molecular weight excluding hydrogens is 316 g/mol. The molecule has 1 aliphatic carbocycles. The third-order valence-electron chi connectivity index (χ3n) is 3.96. The van der Waals surface area contributed by atoms with Crippen LogP contribution in [0.1, 0.15) is 52.4 Å². The molecule has 0 spiro atoms. The Balaban J connectivity index is 1.92. The van der Waals surface area contributed by atoms with Crippen LogP contribution >= 0.6 is 15.9 Å². The normalized spacial score (nSPS) is 22.6. The van der Waals surface area contributed by atoms with Crippen molar-refractivity contribution in [1.29, 1.82) is 0 Å². The fourth-order valence-electron chi connectivity index (χ4n) is 2.91. The zero-order valence-corrected chi connectivity index (χ0v) is 14.0. The minimum Gasteiger partial charge on any atom is -0.366 e. The number of nitrogens with one attached hydrogen (secondary N) is 2. The third-order valence-corrected chi connectivity index (χ3v) is 4.54. The van der Waals surface area contributed by atoms with Gasteiger partial charge in [0.25, 0.3) is 0 Å². The summed E-state index contributed by atoms with van der Waals surface area (Å²) >= 11 is 3.53. The summed E-state index contributed by atoms with van der Waals surface area (Å²) < 4.78 is 0.940. The predicted octanol–water partition coefficient (Wildman–Crippen LogP) is 4.44. The quantitative estimate of drug-likeness (QED) is 0.803. The highest BCUT2D eigenvalue weighted by Gasteiger charge is 2.21. The molecule has 0 radical (unpaired) electrons. The largest absolute Gasteiger partial charge is 0.366 e. The molecule has 0 atom stereocenters. The number of nitrogens with zero attached hydrogens (tertiary/aromatic N) is 2. The maximum absolute atomic E-state index is 4.53. The van der Waals surface area contributed by atoms with E-state index in [1.54, 1.807) is 0 Å². The minimum atomic E-state index is 0.545. The smallest absolute Gasteiger partial charge is 0.224 e. The SMILES string of the molecule is CCCC1CCC(Nc2nc(NCC)ncc2Br)CC1. The molecule has 0 aromatic carbocycles. The number of rotatable bonds is 6. The van der Waals surface area contributed by atoms with Gasteiger partial charge >= 0.3 is 0 Å². The van der Waals surface area contributed by atoms with Gasteiger partial charge in [0.2, 0.25) is 5.95 Å². The van der Waals surface area contributed by atoms with Crippen molar-refractivity contribution in [2.24, 2.45) is 5.92 Å². The van der Waals surface area contributed by atoms with Crippen molar-refractivity contribution in [1.82, 2.24) is 9.97 Å². The zero-order chi connectivity index (χ0) is 14.4. The summed E-state index contributed by atoms with van der Waals surface area (Å²) in [4.78, 5) is 8.78. The molecule has 0 bridgehead atoms.